The van der Waals surface area contributed by atoms with Crippen molar-refractivity contribution in [1.29, 1.82) is 5.41 Å². The van der Waals surface area contributed by atoms with Gasteiger partial charge in [-0.05, 0) is 26.2 Å². The smallest absolute Gasteiger partial charge is 0.320 e. The highest BCUT2D eigenvalue weighted by Crippen LogP contribution is 2.07. The zero-order valence-corrected chi connectivity index (χ0v) is 8.75. The molecule has 0 aliphatic carbocycles. The van der Waals surface area contributed by atoms with E-state index in [0.717, 1.165) is 32.1 Å². The van der Waals surface area contributed by atoms with Crippen LogP contribution in [-0.4, -0.2) is 22.8 Å². The SMILES string of the molecule is CC(=N)CCCCCCC(N)C(=O)O. The molecule has 0 aromatic carbocycles. The largest absolute Gasteiger partial charge is 0.480 e. The molecule has 0 aliphatic heterocycles. The summed E-state index contributed by atoms with van der Waals surface area (Å²) >= 11 is 0. The fraction of sp³-hybridized carbons (Fsp3) is 0.800. The predicted octanol–water partition coefficient (Wildman–Crippen LogP) is 1.78. The third-order valence-electron chi connectivity index (χ3n) is 2.13. The summed E-state index contributed by atoms with van der Waals surface area (Å²) in [5.41, 5.74) is 6.06. The molecule has 14 heavy (non-hydrogen) atoms. The lowest BCUT2D eigenvalue weighted by molar-refractivity contribution is -0.138. The third-order valence-corrected chi connectivity index (χ3v) is 2.13. The highest BCUT2D eigenvalue weighted by molar-refractivity contribution is 5.78. The molecule has 0 aliphatic rings. The molecule has 0 radical (unpaired) electrons. The molecule has 0 heterocycles. The summed E-state index contributed by atoms with van der Waals surface area (Å²) in [7, 11) is 0. The highest BCUT2D eigenvalue weighted by atomic mass is 16.4. The Hall–Kier alpha value is -0.900. The number of hydrogen-bond donors (Lipinski definition) is 3. The molecule has 4 N–H and O–H groups in total. The van der Waals surface area contributed by atoms with Crippen LogP contribution >= 0.6 is 0 Å². The van der Waals surface area contributed by atoms with E-state index in [2.05, 4.69) is 0 Å². The first-order chi connectivity index (χ1) is 6.54. The minimum atomic E-state index is -0.916. The van der Waals surface area contributed by atoms with Crippen LogP contribution in [-0.2, 0) is 4.79 Å². The van der Waals surface area contributed by atoms with Gasteiger partial charge in [0.25, 0.3) is 0 Å². The van der Waals surface area contributed by atoms with Crippen LogP contribution < -0.4 is 5.73 Å². The maximum Gasteiger partial charge on any atom is 0.320 e. The second-order valence-corrected chi connectivity index (χ2v) is 3.68. The second kappa shape index (κ2) is 7.50. The van der Waals surface area contributed by atoms with Crippen molar-refractivity contribution in [2.75, 3.05) is 0 Å². The molecule has 0 bridgehead atoms. The lowest BCUT2D eigenvalue weighted by Crippen LogP contribution is -2.29. The molecule has 0 aromatic heterocycles. The van der Waals surface area contributed by atoms with Gasteiger partial charge in [0.2, 0.25) is 0 Å². The van der Waals surface area contributed by atoms with E-state index in [1.165, 1.54) is 0 Å². The first-order valence-electron chi connectivity index (χ1n) is 5.06. The number of aliphatic carboxylic acids is 1. The summed E-state index contributed by atoms with van der Waals surface area (Å²) < 4.78 is 0. The van der Waals surface area contributed by atoms with Crippen molar-refractivity contribution in [2.45, 2.75) is 51.5 Å². The number of hydrogen-bond acceptors (Lipinski definition) is 3. The molecule has 1 unspecified atom stereocenters. The molecule has 1 atom stereocenters. The van der Waals surface area contributed by atoms with Gasteiger partial charge >= 0.3 is 5.97 Å². The number of carboxylic acid groups (broad SMARTS) is 1. The van der Waals surface area contributed by atoms with Crippen molar-refractivity contribution < 1.29 is 9.90 Å². The molecule has 0 rings (SSSR count). The molecule has 82 valence electrons. The fourth-order valence-electron chi connectivity index (χ4n) is 1.23. The van der Waals surface area contributed by atoms with Crippen LogP contribution in [0, 0.1) is 5.41 Å². The van der Waals surface area contributed by atoms with Crippen molar-refractivity contribution in [3.8, 4) is 0 Å². The molecule has 0 aromatic rings. The summed E-state index contributed by atoms with van der Waals surface area (Å²) in [4.78, 5) is 10.4. The monoisotopic (exact) mass is 200 g/mol. The molecular weight excluding hydrogens is 180 g/mol. The zero-order valence-electron chi connectivity index (χ0n) is 8.75. The lowest BCUT2D eigenvalue weighted by Gasteiger charge is -2.05. The Bertz CT molecular complexity index is 193. The van der Waals surface area contributed by atoms with Gasteiger partial charge in [-0.2, -0.15) is 0 Å². The standard InChI is InChI=1S/C10H20N2O2/c1-8(11)6-4-2-3-5-7-9(12)10(13)14/h9,11H,2-7,12H2,1H3,(H,13,14). The average Bonchev–Trinajstić information content (AvgIpc) is 2.09. The average molecular weight is 200 g/mol. The summed E-state index contributed by atoms with van der Waals surface area (Å²) in [5, 5.41) is 15.7. The van der Waals surface area contributed by atoms with E-state index in [9.17, 15) is 4.79 Å². The minimum Gasteiger partial charge on any atom is -0.480 e. The van der Waals surface area contributed by atoms with Crippen LogP contribution in [0.2, 0.25) is 0 Å². The van der Waals surface area contributed by atoms with Crippen LogP contribution in [0.25, 0.3) is 0 Å². The van der Waals surface area contributed by atoms with Crippen LogP contribution in [0.3, 0.4) is 0 Å². The van der Waals surface area contributed by atoms with Gasteiger partial charge in [-0.3, -0.25) is 4.79 Å². The Morgan fingerprint density at radius 2 is 1.93 bits per heavy atom. The summed E-state index contributed by atoms with van der Waals surface area (Å²) in [5.74, 6) is -0.916. The van der Waals surface area contributed by atoms with Crippen LogP contribution in [0.5, 0.6) is 0 Å². The van der Waals surface area contributed by atoms with E-state index >= 15 is 0 Å². The van der Waals surface area contributed by atoms with E-state index in [4.69, 9.17) is 16.2 Å². The van der Waals surface area contributed by atoms with E-state index in [-0.39, 0.29) is 0 Å². The maximum absolute atomic E-state index is 10.4. The fourth-order valence-corrected chi connectivity index (χ4v) is 1.23. The topological polar surface area (TPSA) is 87.2 Å². The van der Waals surface area contributed by atoms with Crippen molar-refractivity contribution in [3.63, 3.8) is 0 Å². The van der Waals surface area contributed by atoms with Crippen molar-refractivity contribution in [3.05, 3.63) is 0 Å². The van der Waals surface area contributed by atoms with Crippen LogP contribution in [0.1, 0.15) is 45.4 Å². The Morgan fingerprint density at radius 3 is 2.43 bits per heavy atom. The number of rotatable bonds is 8. The maximum atomic E-state index is 10.4. The van der Waals surface area contributed by atoms with Crippen molar-refractivity contribution >= 4 is 11.7 Å². The molecule has 0 spiro atoms. The number of unbranched alkanes of at least 4 members (excludes halogenated alkanes) is 3. The predicted molar refractivity (Wildman–Crippen MR) is 56.7 cm³/mol. The molecule has 4 heteroatoms. The second-order valence-electron chi connectivity index (χ2n) is 3.68. The molecular formula is C10H20N2O2. The number of carboxylic acids is 1. The lowest BCUT2D eigenvalue weighted by atomic mass is 10.1. The van der Waals surface area contributed by atoms with Gasteiger partial charge in [0, 0.05) is 5.71 Å². The Morgan fingerprint density at radius 1 is 1.36 bits per heavy atom. The van der Waals surface area contributed by atoms with Crippen molar-refractivity contribution in [2.24, 2.45) is 5.73 Å². The summed E-state index contributed by atoms with van der Waals surface area (Å²) in [6, 6.07) is -0.709. The van der Waals surface area contributed by atoms with Gasteiger partial charge in [-0.25, -0.2) is 0 Å². The Balaban J connectivity index is 3.21. The minimum absolute atomic E-state index is 0.554. The molecule has 4 nitrogen and oxygen atoms in total. The van der Waals surface area contributed by atoms with Gasteiger partial charge in [-0.1, -0.05) is 19.3 Å². The zero-order chi connectivity index (χ0) is 11.0. The molecule has 0 fully saturated rings. The van der Waals surface area contributed by atoms with Gasteiger partial charge in [-0.15, -0.1) is 0 Å². The Kier molecular flexibility index (Phi) is 7.02. The van der Waals surface area contributed by atoms with Crippen LogP contribution in [0.15, 0.2) is 0 Å². The van der Waals surface area contributed by atoms with E-state index in [1.54, 1.807) is 6.92 Å². The highest BCUT2D eigenvalue weighted by Gasteiger charge is 2.09. The molecule has 0 saturated heterocycles. The van der Waals surface area contributed by atoms with Gasteiger partial charge in [0.1, 0.15) is 6.04 Å². The first-order valence-corrected chi connectivity index (χ1v) is 5.06. The third kappa shape index (κ3) is 7.73. The summed E-state index contributed by atoms with van der Waals surface area (Å²) in [6.45, 7) is 1.81. The number of nitrogens with one attached hydrogen (secondary N) is 1. The summed E-state index contributed by atoms with van der Waals surface area (Å²) in [6.07, 6.45) is 5.36. The number of carbonyl (C=O) groups is 1. The quantitative estimate of drug-likeness (QED) is 0.412. The van der Waals surface area contributed by atoms with Gasteiger partial charge in [0.15, 0.2) is 0 Å². The van der Waals surface area contributed by atoms with Crippen molar-refractivity contribution in [1.82, 2.24) is 0 Å². The van der Waals surface area contributed by atoms with Gasteiger partial charge < -0.3 is 16.2 Å². The molecule has 0 amide bonds. The molecule has 0 saturated carbocycles. The number of nitrogens with two attached hydrogens (primary N) is 1. The first kappa shape index (κ1) is 13.1. The van der Waals surface area contributed by atoms with E-state index in [0.29, 0.717) is 12.1 Å². The normalized spacial score (nSPS) is 12.4. The van der Waals surface area contributed by atoms with Gasteiger partial charge in [0.05, 0.1) is 0 Å². The van der Waals surface area contributed by atoms with E-state index < -0.39 is 12.0 Å². The van der Waals surface area contributed by atoms with E-state index in [1.807, 2.05) is 0 Å². The Labute approximate surface area is 85.0 Å². The van der Waals surface area contributed by atoms with Crippen LogP contribution in [0.4, 0.5) is 0 Å².